The zero-order chi connectivity index (χ0) is 11.7. The van der Waals surface area contributed by atoms with E-state index < -0.39 is 6.43 Å². The minimum absolute atomic E-state index is 0.112. The quantitative estimate of drug-likeness (QED) is 0.305. The minimum atomic E-state index is -2.37. The third kappa shape index (κ3) is 9.55. The third-order valence-corrected chi connectivity index (χ3v) is 1.98. The van der Waals surface area contributed by atoms with Crippen LogP contribution in [0.5, 0.6) is 0 Å². The second kappa shape index (κ2) is 8.55. The van der Waals surface area contributed by atoms with Gasteiger partial charge in [-0.2, -0.15) is 0 Å². The molecule has 0 aromatic carbocycles. The molecule has 0 bridgehead atoms. The van der Waals surface area contributed by atoms with Crippen LogP contribution in [0.3, 0.4) is 0 Å². The van der Waals surface area contributed by atoms with E-state index in [0.717, 1.165) is 6.42 Å². The molecule has 15 heavy (non-hydrogen) atoms. The summed E-state index contributed by atoms with van der Waals surface area (Å²) in [6.45, 7) is 0.364. The van der Waals surface area contributed by atoms with Crippen LogP contribution in [-0.2, 0) is 0 Å². The Balaban J connectivity index is 3.60. The molecule has 0 aliphatic heterocycles. The van der Waals surface area contributed by atoms with E-state index in [0.29, 0.717) is 19.4 Å². The van der Waals surface area contributed by atoms with Crippen molar-refractivity contribution in [2.75, 3.05) is 26.2 Å². The van der Waals surface area contributed by atoms with Gasteiger partial charge in [0.05, 0.1) is 19.0 Å². The molecule has 0 amide bonds. The van der Waals surface area contributed by atoms with Crippen molar-refractivity contribution in [2.45, 2.75) is 25.7 Å². The molecule has 0 aromatic rings. The molecule has 0 saturated heterocycles. The van der Waals surface area contributed by atoms with Crippen molar-refractivity contribution in [3.63, 3.8) is 0 Å². The van der Waals surface area contributed by atoms with Gasteiger partial charge in [-0.1, -0.05) is 0 Å². The second-order valence-electron chi connectivity index (χ2n) is 3.40. The Labute approximate surface area is 88.6 Å². The van der Waals surface area contributed by atoms with Crippen LogP contribution in [0.15, 0.2) is 0 Å². The van der Waals surface area contributed by atoms with Crippen molar-refractivity contribution in [1.82, 2.24) is 4.90 Å². The predicted molar refractivity (Wildman–Crippen MR) is 55.3 cm³/mol. The summed E-state index contributed by atoms with van der Waals surface area (Å²) in [6.07, 6.45) is -0.432. The van der Waals surface area contributed by atoms with Gasteiger partial charge in [-0.25, -0.2) is 8.78 Å². The van der Waals surface area contributed by atoms with Gasteiger partial charge in [-0.15, -0.1) is 0 Å². The first-order chi connectivity index (χ1) is 7.06. The predicted octanol–water partition coefficient (Wildman–Crippen LogP) is 0.652. The van der Waals surface area contributed by atoms with E-state index in [1.54, 1.807) is 0 Å². The van der Waals surface area contributed by atoms with Crippen molar-refractivity contribution >= 4 is 5.84 Å². The molecule has 6 heteroatoms. The van der Waals surface area contributed by atoms with Gasteiger partial charge in [0.15, 0.2) is 0 Å². The molecule has 0 spiro atoms. The number of nitrogens with two attached hydrogens (primary N) is 1. The molecule has 4 N–H and O–H groups in total. The van der Waals surface area contributed by atoms with Gasteiger partial charge in [0.1, 0.15) is 0 Å². The molecule has 0 rings (SSSR count). The first-order valence-electron chi connectivity index (χ1n) is 5.00. The van der Waals surface area contributed by atoms with Crippen molar-refractivity contribution in [2.24, 2.45) is 5.73 Å². The molecular formula is C9H19F2N3O. The summed E-state index contributed by atoms with van der Waals surface area (Å²) in [5.74, 6) is 0.123. The summed E-state index contributed by atoms with van der Waals surface area (Å²) in [6, 6.07) is 0. The lowest BCUT2D eigenvalue weighted by Crippen LogP contribution is -2.32. The standard InChI is InChI=1S/C9H19F2N3O/c10-8(11)7-14(5-6-15)4-2-1-3-9(12)13/h8,15H,1-7H2,(H3,12,13). The molecule has 0 fully saturated rings. The molecule has 90 valence electrons. The molecule has 4 nitrogen and oxygen atoms in total. The number of nitrogens with one attached hydrogen (secondary N) is 1. The highest BCUT2D eigenvalue weighted by atomic mass is 19.3. The van der Waals surface area contributed by atoms with Crippen LogP contribution in [0.2, 0.25) is 0 Å². The first kappa shape index (κ1) is 14.2. The largest absolute Gasteiger partial charge is 0.395 e. The summed E-state index contributed by atoms with van der Waals surface area (Å²) < 4.78 is 24.1. The summed E-state index contributed by atoms with van der Waals surface area (Å²) in [7, 11) is 0. The third-order valence-electron chi connectivity index (χ3n) is 1.98. The Kier molecular flexibility index (Phi) is 8.12. The SMILES string of the molecule is N=C(N)CCCCN(CCO)CC(F)F. The average Bonchev–Trinajstić information content (AvgIpc) is 2.11. The summed E-state index contributed by atoms with van der Waals surface area (Å²) in [4.78, 5) is 1.52. The van der Waals surface area contributed by atoms with Crippen LogP contribution >= 0.6 is 0 Å². The molecule has 0 atom stereocenters. The molecule has 0 aromatic heterocycles. The number of aliphatic hydroxyl groups excluding tert-OH is 1. The van der Waals surface area contributed by atoms with Crippen LogP contribution in [0.4, 0.5) is 8.78 Å². The fourth-order valence-corrected chi connectivity index (χ4v) is 1.28. The summed E-state index contributed by atoms with van der Waals surface area (Å²) in [5.41, 5.74) is 5.16. The lowest BCUT2D eigenvalue weighted by molar-refractivity contribution is 0.0776. The van der Waals surface area contributed by atoms with Crippen molar-refractivity contribution in [3.05, 3.63) is 0 Å². The van der Waals surface area contributed by atoms with Gasteiger partial charge in [-0.3, -0.25) is 10.3 Å². The highest BCUT2D eigenvalue weighted by molar-refractivity contribution is 5.76. The van der Waals surface area contributed by atoms with E-state index in [-0.39, 0.29) is 25.5 Å². The maximum Gasteiger partial charge on any atom is 0.251 e. The number of unbranched alkanes of at least 4 members (excludes halogenated alkanes) is 1. The van der Waals surface area contributed by atoms with Crippen LogP contribution < -0.4 is 5.73 Å². The molecule has 0 radical (unpaired) electrons. The first-order valence-corrected chi connectivity index (χ1v) is 5.00. The van der Waals surface area contributed by atoms with Crippen LogP contribution in [0.1, 0.15) is 19.3 Å². The number of nitrogens with zero attached hydrogens (tertiary/aromatic N) is 1. The van der Waals surface area contributed by atoms with Crippen molar-refractivity contribution in [3.8, 4) is 0 Å². The van der Waals surface area contributed by atoms with Crippen LogP contribution in [0.25, 0.3) is 0 Å². The number of halogens is 2. The maximum atomic E-state index is 12.1. The molecular weight excluding hydrogens is 204 g/mol. The Morgan fingerprint density at radius 3 is 2.47 bits per heavy atom. The highest BCUT2D eigenvalue weighted by Crippen LogP contribution is 2.02. The van der Waals surface area contributed by atoms with E-state index in [2.05, 4.69) is 0 Å². The smallest absolute Gasteiger partial charge is 0.251 e. The number of hydrogen-bond donors (Lipinski definition) is 3. The fourth-order valence-electron chi connectivity index (χ4n) is 1.28. The molecule has 0 aliphatic carbocycles. The van der Waals surface area contributed by atoms with Gasteiger partial charge in [-0.05, 0) is 19.4 Å². The second-order valence-corrected chi connectivity index (χ2v) is 3.40. The average molecular weight is 223 g/mol. The van der Waals surface area contributed by atoms with E-state index in [9.17, 15) is 8.78 Å². The highest BCUT2D eigenvalue weighted by Gasteiger charge is 2.10. The summed E-state index contributed by atoms with van der Waals surface area (Å²) >= 11 is 0. The number of rotatable bonds is 9. The van der Waals surface area contributed by atoms with Gasteiger partial charge in [0.25, 0.3) is 6.43 Å². The van der Waals surface area contributed by atoms with Gasteiger partial charge >= 0.3 is 0 Å². The zero-order valence-electron chi connectivity index (χ0n) is 8.75. The number of alkyl halides is 2. The lowest BCUT2D eigenvalue weighted by atomic mass is 10.2. The number of hydrogen-bond acceptors (Lipinski definition) is 3. The Morgan fingerprint density at radius 2 is 2.00 bits per heavy atom. The molecule has 0 saturated carbocycles. The monoisotopic (exact) mass is 223 g/mol. The van der Waals surface area contributed by atoms with Crippen LogP contribution in [-0.4, -0.2) is 48.5 Å². The van der Waals surface area contributed by atoms with Gasteiger partial charge < -0.3 is 10.8 Å². The van der Waals surface area contributed by atoms with E-state index >= 15 is 0 Å². The fraction of sp³-hybridized carbons (Fsp3) is 0.889. The van der Waals surface area contributed by atoms with Crippen molar-refractivity contribution in [1.29, 1.82) is 5.41 Å². The van der Waals surface area contributed by atoms with E-state index in [1.807, 2.05) is 0 Å². The topological polar surface area (TPSA) is 73.3 Å². The number of aliphatic hydroxyl groups is 1. The van der Waals surface area contributed by atoms with E-state index in [4.69, 9.17) is 16.2 Å². The molecule has 0 unspecified atom stereocenters. The van der Waals surface area contributed by atoms with Crippen LogP contribution in [0, 0.1) is 5.41 Å². The van der Waals surface area contributed by atoms with Gasteiger partial charge in [0.2, 0.25) is 0 Å². The van der Waals surface area contributed by atoms with E-state index in [1.165, 1.54) is 4.90 Å². The van der Waals surface area contributed by atoms with Gasteiger partial charge in [0, 0.05) is 13.0 Å². The Bertz CT molecular complexity index is 179. The lowest BCUT2D eigenvalue weighted by Gasteiger charge is -2.20. The Morgan fingerprint density at radius 1 is 1.33 bits per heavy atom. The van der Waals surface area contributed by atoms with Crippen molar-refractivity contribution < 1.29 is 13.9 Å². The molecule has 0 aliphatic rings. The summed E-state index contributed by atoms with van der Waals surface area (Å²) in [5, 5.41) is 15.6. The normalized spacial score (nSPS) is 11.3. The minimum Gasteiger partial charge on any atom is -0.395 e. The number of amidine groups is 1. The Hall–Kier alpha value is -0.750. The molecule has 0 heterocycles. The zero-order valence-corrected chi connectivity index (χ0v) is 8.75. The maximum absolute atomic E-state index is 12.1.